The monoisotopic (exact) mass is 299 g/mol. The molecule has 0 aliphatic heterocycles. The van der Waals surface area contributed by atoms with Crippen molar-refractivity contribution in [2.75, 3.05) is 17.1 Å². The molecule has 0 bridgehead atoms. The van der Waals surface area contributed by atoms with Gasteiger partial charge in [-0.15, -0.1) is 0 Å². The Bertz CT molecular complexity index is 615. The smallest absolute Gasteiger partial charge is 0.232 e. The molecule has 0 radical (unpaired) electrons. The van der Waals surface area contributed by atoms with Gasteiger partial charge in [0.05, 0.1) is 11.3 Å². The molecule has 6 heteroatoms. The summed E-state index contributed by atoms with van der Waals surface area (Å²) < 4.78 is 39.5. The second-order valence-electron chi connectivity index (χ2n) is 4.76. The fourth-order valence-electron chi connectivity index (χ4n) is 1.44. The van der Waals surface area contributed by atoms with E-state index in [4.69, 9.17) is 5.11 Å². The summed E-state index contributed by atoms with van der Waals surface area (Å²) in [7, 11) is -3.45. The van der Waals surface area contributed by atoms with Crippen molar-refractivity contribution in [2.45, 2.75) is 20.3 Å². The van der Waals surface area contributed by atoms with Crippen LogP contribution in [-0.4, -0.2) is 25.9 Å². The van der Waals surface area contributed by atoms with Gasteiger partial charge >= 0.3 is 0 Å². The van der Waals surface area contributed by atoms with E-state index < -0.39 is 15.8 Å². The van der Waals surface area contributed by atoms with Crippen molar-refractivity contribution in [2.24, 2.45) is 5.92 Å². The lowest BCUT2D eigenvalue weighted by Crippen LogP contribution is -2.18. The summed E-state index contributed by atoms with van der Waals surface area (Å²) in [6.07, 6.45) is 0.549. The summed E-state index contributed by atoms with van der Waals surface area (Å²) in [6, 6.07) is 3.79. The van der Waals surface area contributed by atoms with E-state index in [-0.39, 0.29) is 29.5 Å². The summed E-state index contributed by atoms with van der Waals surface area (Å²) in [5, 5.41) is 8.59. The maximum absolute atomic E-state index is 13.4. The van der Waals surface area contributed by atoms with E-state index in [0.29, 0.717) is 6.42 Å². The van der Waals surface area contributed by atoms with Gasteiger partial charge in [0, 0.05) is 5.69 Å². The van der Waals surface area contributed by atoms with E-state index in [0.717, 1.165) is 6.07 Å². The predicted molar refractivity (Wildman–Crippen MR) is 77.2 cm³/mol. The van der Waals surface area contributed by atoms with Crippen molar-refractivity contribution in [1.82, 2.24) is 0 Å². The molecule has 0 amide bonds. The standard InChI is InChI=1S/C14H18FNO3S/c1-11(2)7-9-20(18,19)16-13-5-6-14(15)12(10-13)4-3-8-17/h5-6,10-11,16-17H,7-9H2,1-2H3. The van der Waals surface area contributed by atoms with E-state index in [1.807, 2.05) is 13.8 Å². The first-order valence-corrected chi connectivity index (χ1v) is 7.89. The molecule has 0 atom stereocenters. The Morgan fingerprint density at radius 3 is 2.70 bits per heavy atom. The highest BCUT2D eigenvalue weighted by Gasteiger charge is 2.12. The van der Waals surface area contributed by atoms with Crippen LogP contribution in [-0.2, 0) is 10.0 Å². The Hall–Kier alpha value is -1.58. The first-order valence-electron chi connectivity index (χ1n) is 6.24. The van der Waals surface area contributed by atoms with E-state index in [9.17, 15) is 12.8 Å². The fourth-order valence-corrected chi connectivity index (χ4v) is 2.81. The minimum Gasteiger partial charge on any atom is -0.384 e. The first kappa shape index (κ1) is 16.5. The van der Waals surface area contributed by atoms with Gasteiger partial charge < -0.3 is 5.11 Å². The number of aliphatic hydroxyl groups is 1. The average Bonchev–Trinajstić information content (AvgIpc) is 2.37. The summed E-state index contributed by atoms with van der Waals surface area (Å²) in [5.74, 6) is 4.49. The number of hydrogen-bond donors (Lipinski definition) is 2. The number of sulfonamides is 1. The zero-order valence-electron chi connectivity index (χ0n) is 11.5. The van der Waals surface area contributed by atoms with E-state index in [1.54, 1.807) is 0 Å². The van der Waals surface area contributed by atoms with Crippen LogP contribution >= 0.6 is 0 Å². The van der Waals surface area contributed by atoms with Gasteiger partial charge in [-0.3, -0.25) is 4.72 Å². The second kappa shape index (κ2) is 7.27. The molecule has 0 heterocycles. The molecule has 1 aromatic rings. The van der Waals surface area contributed by atoms with Crippen LogP contribution in [0.3, 0.4) is 0 Å². The van der Waals surface area contributed by atoms with Crippen molar-refractivity contribution in [3.8, 4) is 11.8 Å². The molecule has 20 heavy (non-hydrogen) atoms. The minimum absolute atomic E-state index is 0.0136. The largest absolute Gasteiger partial charge is 0.384 e. The van der Waals surface area contributed by atoms with Crippen LogP contribution in [0.2, 0.25) is 0 Å². The third kappa shape index (κ3) is 5.59. The van der Waals surface area contributed by atoms with Gasteiger partial charge in [0.25, 0.3) is 0 Å². The molecule has 0 saturated heterocycles. The molecule has 2 N–H and O–H groups in total. The van der Waals surface area contributed by atoms with Gasteiger partial charge in [-0.05, 0) is 30.5 Å². The molecule has 110 valence electrons. The Morgan fingerprint density at radius 2 is 2.10 bits per heavy atom. The summed E-state index contributed by atoms with van der Waals surface area (Å²) in [5.41, 5.74) is 0.306. The number of benzene rings is 1. The molecule has 1 aromatic carbocycles. The molecule has 0 unspecified atom stereocenters. The summed E-state index contributed by atoms with van der Waals surface area (Å²) >= 11 is 0. The molecular weight excluding hydrogens is 281 g/mol. The highest BCUT2D eigenvalue weighted by Crippen LogP contribution is 2.16. The molecule has 1 rings (SSSR count). The number of nitrogens with one attached hydrogen (secondary N) is 1. The van der Waals surface area contributed by atoms with Gasteiger partial charge in [0.1, 0.15) is 12.4 Å². The van der Waals surface area contributed by atoms with Crippen LogP contribution < -0.4 is 4.72 Å². The van der Waals surface area contributed by atoms with Crippen molar-refractivity contribution in [3.05, 3.63) is 29.6 Å². The quantitative estimate of drug-likeness (QED) is 0.817. The SMILES string of the molecule is CC(C)CCS(=O)(=O)Nc1ccc(F)c(C#CCO)c1. The van der Waals surface area contributed by atoms with Gasteiger partial charge in [-0.1, -0.05) is 25.7 Å². The lowest BCUT2D eigenvalue weighted by molar-refractivity contribution is 0.350. The first-order chi connectivity index (χ1) is 9.34. The highest BCUT2D eigenvalue weighted by molar-refractivity contribution is 7.92. The van der Waals surface area contributed by atoms with Crippen LogP contribution in [0.25, 0.3) is 0 Å². The minimum atomic E-state index is -3.45. The Labute approximate surface area is 119 Å². The maximum atomic E-state index is 13.4. The lowest BCUT2D eigenvalue weighted by Gasteiger charge is -2.10. The Balaban J connectivity index is 2.88. The average molecular weight is 299 g/mol. The molecule has 0 aliphatic rings. The Morgan fingerprint density at radius 1 is 1.40 bits per heavy atom. The van der Waals surface area contributed by atoms with Crippen molar-refractivity contribution in [1.29, 1.82) is 0 Å². The van der Waals surface area contributed by atoms with Crippen LogP contribution in [0.15, 0.2) is 18.2 Å². The fraction of sp³-hybridized carbons (Fsp3) is 0.429. The molecule has 4 nitrogen and oxygen atoms in total. The summed E-state index contributed by atoms with van der Waals surface area (Å²) in [4.78, 5) is 0. The van der Waals surface area contributed by atoms with Crippen LogP contribution in [0, 0.1) is 23.6 Å². The molecule has 0 aliphatic carbocycles. The van der Waals surface area contributed by atoms with Crippen molar-refractivity contribution in [3.63, 3.8) is 0 Å². The molecule has 0 spiro atoms. The maximum Gasteiger partial charge on any atom is 0.232 e. The van der Waals surface area contributed by atoms with Gasteiger partial charge in [-0.2, -0.15) is 0 Å². The zero-order chi connectivity index (χ0) is 15.2. The number of aliphatic hydroxyl groups excluding tert-OH is 1. The second-order valence-corrected chi connectivity index (χ2v) is 6.60. The predicted octanol–water partition coefficient (Wildman–Crippen LogP) is 1.96. The third-order valence-corrected chi connectivity index (χ3v) is 3.83. The third-order valence-electron chi connectivity index (χ3n) is 2.51. The summed E-state index contributed by atoms with van der Waals surface area (Å²) in [6.45, 7) is 3.50. The zero-order valence-corrected chi connectivity index (χ0v) is 12.3. The van der Waals surface area contributed by atoms with Gasteiger partial charge in [0.15, 0.2) is 0 Å². The van der Waals surface area contributed by atoms with Crippen molar-refractivity contribution < 1.29 is 17.9 Å². The lowest BCUT2D eigenvalue weighted by atomic mass is 10.2. The number of halogens is 1. The van der Waals surface area contributed by atoms with Gasteiger partial charge in [0.2, 0.25) is 10.0 Å². The molecule has 0 aromatic heterocycles. The van der Waals surface area contributed by atoms with Crippen LogP contribution in [0.5, 0.6) is 0 Å². The van der Waals surface area contributed by atoms with Crippen molar-refractivity contribution >= 4 is 15.7 Å². The highest BCUT2D eigenvalue weighted by atomic mass is 32.2. The topological polar surface area (TPSA) is 66.4 Å². The van der Waals surface area contributed by atoms with Crippen LogP contribution in [0.1, 0.15) is 25.8 Å². The molecular formula is C14H18FNO3S. The number of hydrogen-bond acceptors (Lipinski definition) is 3. The van der Waals surface area contributed by atoms with E-state index >= 15 is 0 Å². The van der Waals surface area contributed by atoms with E-state index in [2.05, 4.69) is 16.6 Å². The number of rotatable bonds is 5. The van der Waals surface area contributed by atoms with Gasteiger partial charge in [-0.25, -0.2) is 12.8 Å². The molecule has 0 fully saturated rings. The Kier molecular flexibility index (Phi) is 5.99. The number of anilines is 1. The molecule has 0 saturated carbocycles. The normalized spacial score (nSPS) is 11.1. The van der Waals surface area contributed by atoms with E-state index in [1.165, 1.54) is 12.1 Å². The van der Waals surface area contributed by atoms with Crippen LogP contribution in [0.4, 0.5) is 10.1 Å².